The Labute approximate surface area is 139 Å². The molecule has 1 aromatic carbocycles. The minimum atomic E-state index is -1.26. The van der Waals surface area contributed by atoms with Crippen molar-refractivity contribution in [2.45, 2.75) is 45.3 Å². The Morgan fingerprint density at radius 2 is 1.96 bits per heavy atom. The molecule has 0 spiro atoms. The molecule has 0 amide bonds. The van der Waals surface area contributed by atoms with E-state index >= 15 is 0 Å². The van der Waals surface area contributed by atoms with E-state index in [1.54, 1.807) is 18.3 Å². The molecule has 1 aliphatic carbocycles. The summed E-state index contributed by atoms with van der Waals surface area (Å²) in [6.45, 7) is 6.58. The molecule has 0 aromatic heterocycles. The SMILES string of the molecule is CC(C)[C@@H]1CC[C@@H](C)C[C@@H]1[S@](=O)/N=C/c1ccc([N+](=O)[O-])cc1. The quantitative estimate of drug-likeness (QED) is 0.461. The lowest BCUT2D eigenvalue weighted by molar-refractivity contribution is -0.384. The summed E-state index contributed by atoms with van der Waals surface area (Å²) in [7, 11) is -1.26. The van der Waals surface area contributed by atoms with Crippen molar-refractivity contribution in [2.75, 3.05) is 0 Å². The first kappa shape index (κ1) is 17.8. The topological polar surface area (TPSA) is 72.6 Å². The molecule has 1 aromatic rings. The summed E-state index contributed by atoms with van der Waals surface area (Å²) in [4.78, 5) is 10.2. The normalized spacial score (nSPS) is 26.5. The van der Waals surface area contributed by atoms with Crippen molar-refractivity contribution < 1.29 is 9.13 Å². The summed E-state index contributed by atoms with van der Waals surface area (Å²) in [5.74, 6) is 1.54. The second-order valence-corrected chi connectivity index (χ2v) is 8.09. The molecule has 0 saturated heterocycles. The number of hydrogen-bond donors (Lipinski definition) is 0. The van der Waals surface area contributed by atoms with Crippen LogP contribution in [0.4, 0.5) is 5.69 Å². The van der Waals surface area contributed by atoms with Crippen LogP contribution in [0.5, 0.6) is 0 Å². The standard InChI is InChI=1S/C17H24N2O3S/c1-12(2)16-9-4-13(3)10-17(16)23(22)18-11-14-5-7-15(8-6-14)19(20)21/h5-8,11-13,16-17H,4,9-10H2,1-3H3/b18-11+/t13-,16+,17+,23+/m1/s1. The average molecular weight is 336 g/mol. The Morgan fingerprint density at radius 3 is 2.52 bits per heavy atom. The van der Waals surface area contributed by atoms with Gasteiger partial charge in [0, 0.05) is 18.3 Å². The second-order valence-electron chi connectivity index (χ2n) is 6.72. The molecule has 0 unspecified atom stereocenters. The van der Waals surface area contributed by atoms with E-state index < -0.39 is 15.9 Å². The number of hydrogen-bond acceptors (Lipinski definition) is 3. The predicted molar refractivity (Wildman–Crippen MR) is 94.0 cm³/mol. The van der Waals surface area contributed by atoms with E-state index in [1.165, 1.54) is 18.6 Å². The fourth-order valence-electron chi connectivity index (χ4n) is 3.22. The molecule has 2 rings (SSSR count). The van der Waals surface area contributed by atoms with Crippen LogP contribution in [0.15, 0.2) is 28.7 Å². The van der Waals surface area contributed by atoms with Gasteiger partial charge in [-0.3, -0.25) is 10.1 Å². The van der Waals surface area contributed by atoms with Crippen LogP contribution in [-0.2, 0) is 11.0 Å². The summed E-state index contributed by atoms with van der Waals surface area (Å²) in [6, 6.07) is 6.12. The first-order valence-corrected chi connectivity index (χ1v) is 9.24. The van der Waals surface area contributed by atoms with Gasteiger partial charge in [-0.2, -0.15) is 4.40 Å². The maximum Gasteiger partial charge on any atom is 0.269 e. The fraction of sp³-hybridized carbons (Fsp3) is 0.588. The van der Waals surface area contributed by atoms with Crippen LogP contribution in [0.2, 0.25) is 0 Å². The Bertz CT molecular complexity index is 598. The first-order chi connectivity index (χ1) is 10.9. The molecule has 0 aliphatic heterocycles. The van der Waals surface area contributed by atoms with Crippen molar-refractivity contribution in [3.8, 4) is 0 Å². The predicted octanol–water partition coefficient (Wildman–Crippen LogP) is 4.14. The molecule has 1 saturated carbocycles. The van der Waals surface area contributed by atoms with E-state index in [1.807, 2.05) is 0 Å². The van der Waals surface area contributed by atoms with Crippen LogP contribution in [0.3, 0.4) is 0 Å². The van der Waals surface area contributed by atoms with Gasteiger partial charge in [-0.15, -0.1) is 0 Å². The molecule has 0 radical (unpaired) electrons. The molecule has 6 heteroatoms. The molecule has 126 valence electrons. The third-order valence-corrected chi connectivity index (χ3v) is 6.00. The minimum Gasteiger partial charge on any atom is -0.258 e. The summed E-state index contributed by atoms with van der Waals surface area (Å²) >= 11 is 0. The van der Waals surface area contributed by atoms with Gasteiger partial charge in [0.1, 0.15) is 11.0 Å². The third-order valence-electron chi connectivity index (χ3n) is 4.63. The van der Waals surface area contributed by atoms with Crippen molar-refractivity contribution in [2.24, 2.45) is 22.2 Å². The monoisotopic (exact) mass is 336 g/mol. The van der Waals surface area contributed by atoms with Crippen molar-refractivity contribution >= 4 is 22.9 Å². The van der Waals surface area contributed by atoms with Gasteiger partial charge in [-0.05, 0) is 48.3 Å². The Morgan fingerprint density at radius 1 is 1.30 bits per heavy atom. The van der Waals surface area contributed by atoms with Crippen molar-refractivity contribution in [1.29, 1.82) is 0 Å². The van der Waals surface area contributed by atoms with Crippen molar-refractivity contribution in [3.63, 3.8) is 0 Å². The zero-order valence-electron chi connectivity index (χ0n) is 13.8. The van der Waals surface area contributed by atoms with Gasteiger partial charge < -0.3 is 0 Å². The summed E-state index contributed by atoms with van der Waals surface area (Å²) in [5.41, 5.74) is 0.776. The van der Waals surface area contributed by atoms with Crippen molar-refractivity contribution in [3.05, 3.63) is 39.9 Å². The van der Waals surface area contributed by atoms with E-state index in [0.717, 1.165) is 18.4 Å². The smallest absolute Gasteiger partial charge is 0.258 e. The highest BCUT2D eigenvalue weighted by Gasteiger charge is 2.34. The van der Waals surface area contributed by atoms with Crippen LogP contribution in [0.25, 0.3) is 0 Å². The maximum atomic E-state index is 12.6. The van der Waals surface area contributed by atoms with Crippen LogP contribution < -0.4 is 0 Å². The zero-order valence-corrected chi connectivity index (χ0v) is 14.7. The number of nitro benzene ring substituents is 1. The van der Waals surface area contributed by atoms with E-state index in [0.29, 0.717) is 17.8 Å². The number of nitrogens with zero attached hydrogens (tertiary/aromatic N) is 2. The number of non-ortho nitro benzene ring substituents is 1. The van der Waals surface area contributed by atoms with Crippen LogP contribution in [0, 0.1) is 27.9 Å². The Balaban J connectivity index is 2.08. The van der Waals surface area contributed by atoms with Gasteiger partial charge in [0.2, 0.25) is 0 Å². The lowest BCUT2D eigenvalue weighted by atomic mass is 9.77. The number of benzene rings is 1. The molecule has 0 bridgehead atoms. The van der Waals surface area contributed by atoms with Crippen LogP contribution in [0.1, 0.15) is 45.6 Å². The highest BCUT2D eigenvalue weighted by Crippen LogP contribution is 2.36. The maximum absolute atomic E-state index is 12.6. The van der Waals surface area contributed by atoms with E-state index in [4.69, 9.17) is 0 Å². The summed E-state index contributed by atoms with van der Waals surface area (Å²) < 4.78 is 16.8. The largest absolute Gasteiger partial charge is 0.269 e. The number of rotatable bonds is 5. The fourth-order valence-corrected chi connectivity index (χ4v) is 4.84. The number of nitro groups is 1. The van der Waals surface area contributed by atoms with E-state index in [9.17, 15) is 14.3 Å². The van der Waals surface area contributed by atoms with Crippen LogP contribution >= 0.6 is 0 Å². The van der Waals surface area contributed by atoms with Gasteiger partial charge in [0.15, 0.2) is 0 Å². The molecule has 0 N–H and O–H groups in total. The summed E-state index contributed by atoms with van der Waals surface area (Å²) in [6.07, 6.45) is 4.83. The average Bonchev–Trinajstić information content (AvgIpc) is 2.52. The lowest BCUT2D eigenvalue weighted by Crippen LogP contribution is -2.34. The van der Waals surface area contributed by atoms with Gasteiger partial charge >= 0.3 is 0 Å². The highest BCUT2D eigenvalue weighted by atomic mass is 32.2. The minimum absolute atomic E-state index is 0.0456. The van der Waals surface area contributed by atoms with E-state index in [2.05, 4.69) is 25.2 Å². The second kappa shape index (κ2) is 7.81. The van der Waals surface area contributed by atoms with Crippen LogP contribution in [-0.4, -0.2) is 20.6 Å². The third kappa shape index (κ3) is 4.70. The molecule has 1 fully saturated rings. The molecular weight excluding hydrogens is 312 g/mol. The van der Waals surface area contributed by atoms with Crippen molar-refractivity contribution in [1.82, 2.24) is 0 Å². The Hall–Kier alpha value is -1.56. The Kier molecular flexibility index (Phi) is 6.04. The van der Waals surface area contributed by atoms with Gasteiger partial charge in [-0.1, -0.05) is 27.2 Å². The van der Waals surface area contributed by atoms with Gasteiger partial charge in [0.05, 0.1) is 10.2 Å². The highest BCUT2D eigenvalue weighted by molar-refractivity contribution is 7.84. The molecule has 5 nitrogen and oxygen atoms in total. The zero-order chi connectivity index (χ0) is 17.0. The first-order valence-electron chi connectivity index (χ1n) is 8.07. The molecule has 4 atom stereocenters. The molecule has 0 heterocycles. The molecular formula is C17H24N2O3S. The van der Waals surface area contributed by atoms with Gasteiger partial charge in [0.25, 0.3) is 5.69 Å². The van der Waals surface area contributed by atoms with E-state index in [-0.39, 0.29) is 10.9 Å². The molecule has 1 aliphatic rings. The lowest BCUT2D eigenvalue weighted by Gasteiger charge is -2.35. The van der Waals surface area contributed by atoms with Gasteiger partial charge in [-0.25, -0.2) is 4.21 Å². The summed E-state index contributed by atoms with van der Waals surface area (Å²) in [5, 5.41) is 10.7. The molecule has 23 heavy (non-hydrogen) atoms.